The van der Waals surface area contributed by atoms with Gasteiger partial charge in [0.2, 0.25) is 10.0 Å². The van der Waals surface area contributed by atoms with Crippen molar-refractivity contribution >= 4 is 78.5 Å². The van der Waals surface area contributed by atoms with Gasteiger partial charge in [0, 0.05) is 39.9 Å². The van der Waals surface area contributed by atoms with E-state index in [0.717, 1.165) is 30.3 Å². The standard InChI is InChI=1S/C37H35N3O15S5/c1-17-11-19(3)36(59(49,50)51)21(5)34(17)39-26-15-28-24(13-31(26)57(43,44)45)33(23-9-7-8-10-30(23)56(38,41)42)25-14-32(58(46,47)48)27(16-29(25)55-28)40-35-18(2)12-20(4)37(22(35)6)60(52,53)54/h7-16,39H,1-6H3,(H2,38,41,42)(H,43,44,45)(H,46,47,48)(H,49,50,51)(H,52,53,54)/b40-27+. The largest absolute Gasteiger partial charge is 0.456 e. The molecule has 0 spiro atoms. The van der Waals surface area contributed by atoms with E-state index in [1.54, 1.807) is 6.92 Å². The maximum absolute atomic E-state index is 13.1. The molecular formula is C37H35N3O15S5. The van der Waals surface area contributed by atoms with Gasteiger partial charge in [-0.2, -0.15) is 33.7 Å². The summed E-state index contributed by atoms with van der Waals surface area (Å²) in [5.74, 6) is -0.271. The molecule has 7 N–H and O–H groups in total. The Morgan fingerprint density at radius 3 is 1.68 bits per heavy atom. The van der Waals surface area contributed by atoms with Crippen LogP contribution in [0.5, 0.6) is 0 Å². The lowest BCUT2D eigenvalue weighted by atomic mass is 9.93. The number of hydrogen-bond acceptors (Lipinski definition) is 13. The monoisotopic (exact) mass is 921 g/mol. The van der Waals surface area contributed by atoms with Crippen molar-refractivity contribution in [2.45, 2.75) is 66.0 Å². The second kappa shape index (κ2) is 14.8. The summed E-state index contributed by atoms with van der Waals surface area (Å²) in [6, 6.07) is 11.7. The van der Waals surface area contributed by atoms with E-state index in [1.165, 1.54) is 65.0 Å². The summed E-state index contributed by atoms with van der Waals surface area (Å²) in [6.07, 6.45) is 0. The van der Waals surface area contributed by atoms with Gasteiger partial charge in [0.25, 0.3) is 40.5 Å². The number of nitrogens with two attached hydrogens (primary N) is 1. The zero-order valence-electron chi connectivity index (χ0n) is 32.1. The lowest BCUT2D eigenvalue weighted by molar-refractivity contribution is 0.479. The molecule has 60 heavy (non-hydrogen) atoms. The Hall–Kier alpha value is -5.08. The highest BCUT2D eigenvalue weighted by molar-refractivity contribution is 7.89. The van der Waals surface area contributed by atoms with Crippen LogP contribution in [0.2, 0.25) is 0 Å². The normalized spacial score (nSPS) is 13.3. The summed E-state index contributed by atoms with van der Waals surface area (Å²) >= 11 is 0. The number of rotatable bonds is 9. The molecule has 1 heterocycles. The maximum atomic E-state index is 13.1. The number of nitrogens with one attached hydrogen (secondary N) is 1. The Balaban J connectivity index is 1.84. The minimum atomic E-state index is -5.26. The Morgan fingerprint density at radius 2 is 1.13 bits per heavy atom. The lowest BCUT2D eigenvalue weighted by Gasteiger charge is -2.21. The molecule has 1 aliphatic heterocycles. The average Bonchev–Trinajstić information content (AvgIpc) is 3.07. The van der Waals surface area contributed by atoms with Crippen molar-refractivity contribution in [3.05, 3.63) is 99.4 Å². The van der Waals surface area contributed by atoms with Crippen LogP contribution in [-0.2, 0) is 50.5 Å². The fraction of sp³-hybridized carbons (Fsp3) is 0.162. The molecule has 4 aromatic rings. The van der Waals surface area contributed by atoms with E-state index in [1.807, 2.05) is 0 Å². The third-order valence-corrected chi connectivity index (χ3v) is 14.7. The molecule has 0 bridgehead atoms. The van der Waals surface area contributed by atoms with Crippen LogP contribution in [0.1, 0.15) is 33.4 Å². The van der Waals surface area contributed by atoms with E-state index in [-0.39, 0.29) is 67.0 Å². The Bertz CT molecular complexity index is 3490. The molecule has 0 fully saturated rings. The van der Waals surface area contributed by atoms with Crippen molar-refractivity contribution in [3.8, 4) is 22.5 Å². The van der Waals surface area contributed by atoms with Gasteiger partial charge in [-0.05, 0) is 93.1 Å². The highest BCUT2D eigenvalue weighted by Crippen LogP contribution is 2.46. The molecular weight excluding hydrogens is 887 g/mol. The summed E-state index contributed by atoms with van der Waals surface area (Å²) in [4.78, 5) is 1.14. The van der Waals surface area contributed by atoms with Crippen LogP contribution in [0.4, 0.5) is 17.1 Å². The van der Waals surface area contributed by atoms with Crippen LogP contribution in [0.15, 0.2) is 94.6 Å². The number of aryl methyl sites for hydroxylation is 4. The molecule has 318 valence electrons. The molecule has 2 aliphatic rings. The van der Waals surface area contributed by atoms with E-state index < -0.39 is 86.0 Å². The van der Waals surface area contributed by atoms with Crippen LogP contribution < -0.4 is 15.8 Å². The SMILES string of the molecule is Cc1cc(C)c(S(=O)(=O)O)c(C)c1/N=c1\cc2oc3cc(Nc4c(C)cc(C)c(S(=O)(=O)O)c4C)c(S(=O)(=O)O)cc3c(-c3ccccc3S(N)(=O)=O)c-2cc1S(=O)(=O)O. The van der Waals surface area contributed by atoms with Crippen LogP contribution in [0.3, 0.4) is 0 Å². The first-order chi connectivity index (χ1) is 27.4. The summed E-state index contributed by atoms with van der Waals surface area (Å²) in [5.41, 5.74) is -0.564. The van der Waals surface area contributed by atoms with E-state index in [9.17, 15) is 60.3 Å². The smallest absolute Gasteiger partial charge is 0.296 e. The van der Waals surface area contributed by atoms with Crippen molar-refractivity contribution < 1.29 is 64.7 Å². The maximum Gasteiger partial charge on any atom is 0.296 e. The van der Waals surface area contributed by atoms with Crippen LogP contribution in [0, 0.1) is 41.5 Å². The third-order valence-electron chi connectivity index (χ3n) is 9.69. The second-order valence-electron chi connectivity index (χ2n) is 14.0. The topological polar surface area (TPSA) is 315 Å². The molecule has 6 rings (SSSR count). The van der Waals surface area contributed by atoms with E-state index in [0.29, 0.717) is 11.1 Å². The first-order valence-electron chi connectivity index (χ1n) is 17.1. The number of primary sulfonamides is 1. The second-order valence-corrected chi connectivity index (χ2v) is 21.0. The summed E-state index contributed by atoms with van der Waals surface area (Å²) in [7, 11) is -24.7. The summed E-state index contributed by atoms with van der Waals surface area (Å²) < 4.78 is 175. The number of sulfonamides is 1. The fourth-order valence-corrected chi connectivity index (χ4v) is 11.4. The van der Waals surface area contributed by atoms with E-state index in [2.05, 4.69) is 10.3 Å². The highest BCUT2D eigenvalue weighted by Gasteiger charge is 2.30. The van der Waals surface area contributed by atoms with Gasteiger partial charge in [0.1, 0.15) is 30.9 Å². The molecule has 0 saturated carbocycles. The summed E-state index contributed by atoms with van der Waals surface area (Å²) in [5, 5.41) is 7.63. The highest BCUT2D eigenvalue weighted by atomic mass is 32.2. The predicted octanol–water partition coefficient (Wildman–Crippen LogP) is 5.67. The average molecular weight is 922 g/mol. The molecule has 0 atom stereocenters. The molecule has 0 aromatic heterocycles. The van der Waals surface area contributed by atoms with Gasteiger partial charge in [0.05, 0.1) is 21.6 Å². The van der Waals surface area contributed by atoms with Crippen molar-refractivity contribution in [2.75, 3.05) is 5.32 Å². The van der Waals surface area contributed by atoms with E-state index >= 15 is 0 Å². The van der Waals surface area contributed by atoms with E-state index in [4.69, 9.17) is 9.56 Å². The Morgan fingerprint density at radius 1 is 0.583 bits per heavy atom. The third kappa shape index (κ3) is 8.20. The minimum absolute atomic E-state index is 0.00467. The number of benzene rings is 5. The van der Waals surface area contributed by atoms with Crippen molar-refractivity contribution in [1.29, 1.82) is 0 Å². The summed E-state index contributed by atoms with van der Waals surface area (Å²) in [6.45, 7) is 8.59. The fourth-order valence-electron chi connectivity index (χ4n) is 7.49. The zero-order valence-corrected chi connectivity index (χ0v) is 36.2. The molecule has 18 nitrogen and oxygen atoms in total. The lowest BCUT2D eigenvalue weighted by Crippen LogP contribution is -2.17. The number of hydrogen-bond donors (Lipinski definition) is 6. The quantitative estimate of drug-likeness (QED) is 0.0752. The van der Waals surface area contributed by atoms with Crippen molar-refractivity contribution in [1.82, 2.24) is 0 Å². The van der Waals surface area contributed by atoms with Crippen molar-refractivity contribution in [3.63, 3.8) is 0 Å². The number of anilines is 2. The molecule has 1 aliphatic carbocycles. The Labute approximate surface area is 344 Å². The molecule has 0 radical (unpaired) electrons. The number of fused-ring (bicyclic) bond motifs is 2. The van der Waals surface area contributed by atoms with Gasteiger partial charge in [-0.25, -0.2) is 18.5 Å². The van der Waals surface area contributed by atoms with Crippen LogP contribution >= 0.6 is 0 Å². The molecule has 0 saturated heterocycles. The van der Waals surface area contributed by atoms with Crippen LogP contribution in [-0.4, -0.2) is 60.3 Å². The molecule has 0 amide bonds. The Kier molecular flexibility index (Phi) is 11.0. The van der Waals surface area contributed by atoms with Crippen LogP contribution in [0.25, 0.3) is 33.4 Å². The van der Waals surface area contributed by atoms with Gasteiger partial charge in [-0.1, -0.05) is 30.3 Å². The van der Waals surface area contributed by atoms with Gasteiger partial charge in [0.15, 0.2) is 0 Å². The first kappa shape index (κ1) is 44.5. The molecule has 0 unspecified atom stereocenters. The van der Waals surface area contributed by atoms with Gasteiger partial charge in [-0.15, -0.1) is 0 Å². The van der Waals surface area contributed by atoms with Gasteiger partial charge in [-0.3, -0.25) is 18.2 Å². The van der Waals surface area contributed by atoms with Gasteiger partial charge < -0.3 is 9.73 Å². The van der Waals surface area contributed by atoms with Gasteiger partial charge >= 0.3 is 0 Å². The molecule has 23 heteroatoms. The first-order valence-corrected chi connectivity index (χ1v) is 24.4. The predicted molar refractivity (Wildman–Crippen MR) is 219 cm³/mol. The minimum Gasteiger partial charge on any atom is -0.456 e. The zero-order chi connectivity index (χ0) is 44.8. The molecule has 4 aromatic carbocycles. The van der Waals surface area contributed by atoms with Crippen molar-refractivity contribution in [2.24, 2.45) is 10.1 Å². The number of nitrogens with zero attached hydrogens (tertiary/aromatic N) is 1.